The van der Waals surface area contributed by atoms with Crippen LogP contribution in [0.2, 0.25) is 0 Å². The quantitative estimate of drug-likeness (QED) is 0.813. The van der Waals surface area contributed by atoms with Gasteiger partial charge >= 0.3 is 12.0 Å². The second kappa shape index (κ2) is 7.62. The molecular weight excluding hydrogens is 264 g/mol. The third-order valence-electron chi connectivity index (χ3n) is 3.74. The van der Waals surface area contributed by atoms with E-state index in [0.717, 1.165) is 25.0 Å². The van der Waals surface area contributed by atoms with E-state index in [1.807, 2.05) is 14.0 Å². The van der Waals surface area contributed by atoms with Crippen LogP contribution in [0.1, 0.15) is 32.6 Å². The Bertz CT molecular complexity index is 325. The molecule has 19 heavy (non-hydrogen) atoms. The molecule has 1 N–H and O–H groups in total. The number of urea groups is 1. The van der Waals surface area contributed by atoms with E-state index in [1.165, 1.54) is 0 Å². The van der Waals surface area contributed by atoms with Gasteiger partial charge in [-0.05, 0) is 38.2 Å². The number of nitrogens with zero attached hydrogens (tertiary/aromatic N) is 2. The van der Waals surface area contributed by atoms with Crippen LogP contribution in [0.5, 0.6) is 0 Å². The van der Waals surface area contributed by atoms with Crippen LogP contribution in [0.25, 0.3) is 0 Å². The highest BCUT2D eigenvalue weighted by molar-refractivity contribution is 7.98. The van der Waals surface area contributed by atoms with E-state index in [1.54, 1.807) is 21.6 Å². The molecule has 6 heteroatoms. The summed E-state index contributed by atoms with van der Waals surface area (Å²) < 4.78 is 0. The lowest BCUT2D eigenvalue weighted by molar-refractivity contribution is -0.138. The van der Waals surface area contributed by atoms with E-state index in [2.05, 4.69) is 6.26 Å². The van der Waals surface area contributed by atoms with Gasteiger partial charge in [0.15, 0.2) is 0 Å². The van der Waals surface area contributed by atoms with Crippen molar-refractivity contribution in [3.05, 3.63) is 0 Å². The third-order valence-corrected chi connectivity index (χ3v) is 4.38. The number of rotatable bonds is 6. The first-order chi connectivity index (χ1) is 8.97. The Kier molecular flexibility index (Phi) is 6.48. The zero-order valence-corrected chi connectivity index (χ0v) is 12.8. The van der Waals surface area contributed by atoms with Crippen molar-refractivity contribution < 1.29 is 14.7 Å². The standard InChI is InChI=1S/C13H24N2O3S/c1-10(6-8-19-3)14(2)13(18)15-7-4-5-11(15)9-12(16)17/h10-11H,4-9H2,1-3H3,(H,16,17). The van der Waals surface area contributed by atoms with Gasteiger partial charge in [0.2, 0.25) is 0 Å². The Balaban J connectivity index is 2.57. The maximum atomic E-state index is 12.4. The normalized spacial score (nSPS) is 20.4. The van der Waals surface area contributed by atoms with E-state index in [-0.39, 0.29) is 24.5 Å². The van der Waals surface area contributed by atoms with Gasteiger partial charge in [0.05, 0.1) is 6.42 Å². The monoisotopic (exact) mass is 288 g/mol. The Morgan fingerprint density at radius 2 is 2.21 bits per heavy atom. The SMILES string of the molecule is CSCCC(C)N(C)C(=O)N1CCCC1CC(=O)O. The van der Waals surface area contributed by atoms with Gasteiger partial charge < -0.3 is 14.9 Å². The number of hydrogen-bond donors (Lipinski definition) is 1. The average Bonchev–Trinajstić information content (AvgIpc) is 2.81. The van der Waals surface area contributed by atoms with Crippen molar-refractivity contribution in [3.8, 4) is 0 Å². The van der Waals surface area contributed by atoms with Crippen LogP contribution >= 0.6 is 11.8 Å². The number of carboxylic acid groups (broad SMARTS) is 1. The second-order valence-corrected chi connectivity index (χ2v) is 6.10. The van der Waals surface area contributed by atoms with Gasteiger partial charge in [-0.1, -0.05) is 0 Å². The molecule has 0 aromatic heterocycles. The topological polar surface area (TPSA) is 60.9 Å². The van der Waals surface area contributed by atoms with E-state index in [4.69, 9.17) is 5.11 Å². The summed E-state index contributed by atoms with van der Waals surface area (Å²) in [4.78, 5) is 26.7. The van der Waals surface area contributed by atoms with Gasteiger partial charge in [-0.3, -0.25) is 4.79 Å². The van der Waals surface area contributed by atoms with Gasteiger partial charge in [0, 0.05) is 25.7 Å². The molecule has 0 spiro atoms. The summed E-state index contributed by atoms with van der Waals surface area (Å²) in [6.45, 7) is 2.72. The number of amides is 2. The van der Waals surface area contributed by atoms with Crippen molar-refractivity contribution in [2.45, 2.75) is 44.7 Å². The highest BCUT2D eigenvalue weighted by Crippen LogP contribution is 2.22. The summed E-state index contributed by atoms with van der Waals surface area (Å²) in [5.74, 6) is 0.194. The molecule has 1 rings (SSSR count). The predicted molar refractivity (Wildman–Crippen MR) is 77.6 cm³/mol. The Labute approximate surface area is 119 Å². The molecule has 1 saturated heterocycles. The fourth-order valence-electron chi connectivity index (χ4n) is 2.37. The highest BCUT2D eigenvalue weighted by atomic mass is 32.2. The number of hydrogen-bond acceptors (Lipinski definition) is 3. The molecule has 0 radical (unpaired) electrons. The summed E-state index contributed by atoms with van der Waals surface area (Å²) in [6, 6.07) is 0.0172. The smallest absolute Gasteiger partial charge is 0.320 e. The van der Waals surface area contributed by atoms with Crippen molar-refractivity contribution >= 4 is 23.8 Å². The lowest BCUT2D eigenvalue weighted by atomic mass is 10.1. The predicted octanol–water partition coefficient (Wildman–Crippen LogP) is 2.12. The zero-order chi connectivity index (χ0) is 14.4. The van der Waals surface area contributed by atoms with Crippen LogP contribution < -0.4 is 0 Å². The molecule has 1 fully saturated rings. The van der Waals surface area contributed by atoms with Gasteiger partial charge in [-0.25, -0.2) is 4.79 Å². The van der Waals surface area contributed by atoms with E-state index in [9.17, 15) is 9.59 Å². The zero-order valence-electron chi connectivity index (χ0n) is 12.0. The van der Waals surface area contributed by atoms with Crippen LogP contribution in [0.4, 0.5) is 4.79 Å². The molecule has 1 aliphatic rings. The summed E-state index contributed by atoms with van der Waals surface area (Å²) in [6.07, 6.45) is 4.76. The molecule has 2 unspecified atom stereocenters. The summed E-state index contributed by atoms with van der Waals surface area (Å²) in [5.41, 5.74) is 0. The number of carbonyl (C=O) groups is 2. The molecule has 0 saturated carbocycles. The molecule has 2 amide bonds. The fraction of sp³-hybridized carbons (Fsp3) is 0.846. The average molecular weight is 288 g/mol. The first-order valence-electron chi connectivity index (χ1n) is 6.71. The van der Waals surface area contributed by atoms with Gasteiger partial charge in [0.25, 0.3) is 0 Å². The largest absolute Gasteiger partial charge is 0.481 e. The van der Waals surface area contributed by atoms with Crippen molar-refractivity contribution in [2.75, 3.05) is 25.6 Å². The van der Waals surface area contributed by atoms with Crippen molar-refractivity contribution in [3.63, 3.8) is 0 Å². The first kappa shape index (κ1) is 16.1. The van der Waals surface area contributed by atoms with Crippen LogP contribution in [-0.2, 0) is 4.79 Å². The van der Waals surface area contributed by atoms with Crippen molar-refractivity contribution in [2.24, 2.45) is 0 Å². The molecule has 110 valence electrons. The fourth-order valence-corrected chi connectivity index (χ4v) is 2.95. The van der Waals surface area contributed by atoms with E-state index in [0.29, 0.717) is 6.54 Å². The molecule has 0 aromatic carbocycles. The second-order valence-electron chi connectivity index (χ2n) is 5.11. The summed E-state index contributed by atoms with van der Waals surface area (Å²) >= 11 is 1.77. The minimum absolute atomic E-state index is 0.0302. The van der Waals surface area contributed by atoms with Crippen molar-refractivity contribution in [1.29, 1.82) is 0 Å². The Morgan fingerprint density at radius 1 is 1.53 bits per heavy atom. The molecule has 1 heterocycles. The van der Waals surface area contributed by atoms with E-state index < -0.39 is 5.97 Å². The number of aliphatic carboxylic acids is 1. The summed E-state index contributed by atoms with van der Waals surface area (Å²) in [5, 5.41) is 8.88. The van der Waals surface area contributed by atoms with Gasteiger partial charge in [-0.15, -0.1) is 0 Å². The number of carboxylic acids is 1. The summed E-state index contributed by atoms with van der Waals surface area (Å²) in [7, 11) is 1.81. The molecular formula is C13H24N2O3S. The van der Waals surface area contributed by atoms with Crippen LogP contribution in [0.15, 0.2) is 0 Å². The van der Waals surface area contributed by atoms with Gasteiger partial charge in [0.1, 0.15) is 0 Å². The highest BCUT2D eigenvalue weighted by Gasteiger charge is 2.33. The third kappa shape index (κ3) is 4.60. The molecule has 0 bridgehead atoms. The molecule has 0 aromatic rings. The minimum Gasteiger partial charge on any atom is -0.481 e. The van der Waals surface area contributed by atoms with Gasteiger partial charge in [-0.2, -0.15) is 11.8 Å². The molecule has 0 aliphatic carbocycles. The maximum absolute atomic E-state index is 12.4. The Hall–Kier alpha value is -0.910. The van der Waals surface area contributed by atoms with Crippen LogP contribution in [0, 0.1) is 0 Å². The number of thioether (sulfide) groups is 1. The van der Waals surface area contributed by atoms with Crippen LogP contribution in [0.3, 0.4) is 0 Å². The first-order valence-corrected chi connectivity index (χ1v) is 8.11. The Morgan fingerprint density at radius 3 is 2.79 bits per heavy atom. The minimum atomic E-state index is -0.831. The molecule has 5 nitrogen and oxygen atoms in total. The number of likely N-dealkylation sites (tertiary alicyclic amines) is 1. The van der Waals surface area contributed by atoms with E-state index >= 15 is 0 Å². The lowest BCUT2D eigenvalue weighted by Crippen LogP contribution is -2.47. The number of carbonyl (C=O) groups excluding carboxylic acids is 1. The maximum Gasteiger partial charge on any atom is 0.320 e. The van der Waals surface area contributed by atoms with Crippen LogP contribution in [-0.4, -0.2) is 64.6 Å². The van der Waals surface area contributed by atoms with Crippen molar-refractivity contribution in [1.82, 2.24) is 9.80 Å². The molecule has 1 aliphatic heterocycles. The lowest BCUT2D eigenvalue weighted by Gasteiger charge is -2.32. The molecule has 2 atom stereocenters.